The molecule has 0 aliphatic carbocycles. The van der Waals surface area contributed by atoms with Gasteiger partial charge in [-0.3, -0.25) is 4.79 Å². The summed E-state index contributed by atoms with van der Waals surface area (Å²) < 4.78 is 43.3. The SMILES string of the molecule is COc1ccc(NC(=O)COc2cccc(C)c2)cc1S(=O)(=O)N1CCOCC1. The number of rotatable bonds is 7. The maximum absolute atomic E-state index is 13.0. The van der Waals surface area contributed by atoms with E-state index in [2.05, 4.69) is 5.32 Å². The Balaban J connectivity index is 1.73. The Labute approximate surface area is 170 Å². The van der Waals surface area contributed by atoms with Crippen LogP contribution in [0.5, 0.6) is 11.5 Å². The number of morpholine rings is 1. The van der Waals surface area contributed by atoms with E-state index in [0.29, 0.717) is 24.7 Å². The minimum absolute atomic E-state index is 0.000646. The van der Waals surface area contributed by atoms with Crippen molar-refractivity contribution in [3.63, 3.8) is 0 Å². The van der Waals surface area contributed by atoms with E-state index < -0.39 is 15.9 Å². The molecule has 2 aromatic rings. The molecule has 1 saturated heterocycles. The zero-order valence-corrected chi connectivity index (χ0v) is 17.2. The minimum Gasteiger partial charge on any atom is -0.495 e. The normalized spacial score (nSPS) is 15.0. The monoisotopic (exact) mass is 420 g/mol. The third-order valence-electron chi connectivity index (χ3n) is 4.39. The summed E-state index contributed by atoms with van der Waals surface area (Å²) in [5, 5.41) is 2.67. The van der Waals surface area contributed by atoms with Crippen LogP contribution in [0.4, 0.5) is 5.69 Å². The Hall–Kier alpha value is -2.62. The molecule has 156 valence electrons. The van der Waals surface area contributed by atoms with Crippen molar-refractivity contribution in [3.05, 3.63) is 48.0 Å². The quantitative estimate of drug-likeness (QED) is 0.737. The zero-order valence-electron chi connectivity index (χ0n) is 16.4. The molecular weight excluding hydrogens is 396 g/mol. The number of anilines is 1. The van der Waals surface area contributed by atoms with Crippen LogP contribution in [0.2, 0.25) is 0 Å². The van der Waals surface area contributed by atoms with Gasteiger partial charge in [0.1, 0.15) is 16.4 Å². The lowest BCUT2D eigenvalue weighted by molar-refractivity contribution is -0.118. The van der Waals surface area contributed by atoms with Crippen LogP contribution in [0.15, 0.2) is 47.4 Å². The van der Waals surface area contributed by atoms with Crippen LogP contribution in [0, 0.1) is 6.92 Å². The first-order valence-electron chi connectivity index (χ1n) is 9.15. The highest BCUT2D eigenvalue weighted by atomic mass is 32.2. The molecule has 0 aromatic heterocycles. The average Bonchev–Trinajstić information content (AvgIpc) is 2.73. The number of carbonyl (C=O) groups excluding carboxylic acids is 1. The molecule has 1 fully saturated rings. The summed E-state index contributed by atoms with van der Waals surface area (Å²) in [5.41, 5.74) is 1.37. The number of nitrogens with zero attached hydrogens (tertiary/aromatic N) is 1. The van der Waals surface area contributed by atoms with E-state index in [4.69, 9.17) is 14.2 Å². The molecular formula is C20H24N2O6S. The summed E-state index contributed by atoms with van der Waals surface area (Å²) in [6, 6.07) is 11.9. The summed E-state index contributed by atoms with van der Waals surface area (Å²) in [5.74, 6) is 0.405. The second-order valence-corrected chi connectivity index (χ2v) is 8.44. The average molecular weight is 420 g/mol. The molecule has 0 bridgehead atoms. The van der Waals surface area contributed by atoms with Crippen molar-refractivity contribution in [2.75, 3.05) is 45.3 Å². The van der Waals surface area contributed by atoms with Gasteiger partial charge in [0.2, 0.25) is 10.0 Å². The molecule has 1 aliphatic heterocycles. The van der Waals surface area contributed by atoms with Gasteiger partial charge in [-0.2, -0.15) is 4.31 Å². The number of sulfonamides is 1. The van der Waals surface area contributed by atoms with Crippen LogP contribution < -0.4 is 14.8 Å². The van der Waals surface area contributed by atoms with Gasteiger partial charge in [-0.1, -0.05) is 12.1 Å². The summed E-state index contributed by atoms with van der Waals surface area (Å²) in [6.07, 6.45) is 0. The first kappa shape index (κ1) is 21.1. The van der Waals surface area contributed by atoms with Crippen LogP contribution in [0.1, 0.15) is 5.56 Å². The van der Waals surface area contributed by atoms with Crippen LogP contribution in [0.25, 0.3) is 0 Å². The van der Waals surface area contributed by atoms with Gasteiger partial charge in [0, 0.05) is 18.8 Å². The third kappa shape index (κ3) is 5.26. The second-order valence-electron chi connectivity index (χ2n) is 6.54. The first-order valence-corrected chi connectivity index (χ1v) is 10.6. The molecule has 0 radical (unpaired) electrons. The highest BCUT2D eigenvalue weighted by Gasteiger charge is 2.29. The number of nitrogens with one attached hydrogen (secondary N) is 1. The Kier molecular flexibility index (Phi) is 6.73. The van der Waals surface area contributed by atoms with Crippen LogP contribution in [0.3, 0.4) is 0 Å². The number of amides is 1. The van der Waals surface area contributed by atoms with E-state index in [0.717, 1.165) is 5.56 Å². The van der Waals surface area contributed by atoms with Gasteiger partial charge >= 0.3 is 0 Å². The zero-order chi connectivity index (χ0) is 20.9. The Morgan fingerprint density at radius 2 is 1.93 bits per heavy atom. The van der Waals surface area contributed by atoms with E-state index in [1.807, 2.05) is 25.1 Å². The Morgan fingerprint density at radius 1 is 1.17 bits per heavy atom. The highest BCUT2D eigenvalue weighted by Crippen LogP contribution is 2.30. The van der Waals surface area contributed by atoms with E-state index >= 15 is 0 Å². The summed E-state index contributed by atoms with van der Waals surface area (Å²) >= 11 is 0. The summed E-state index contributed by atoms with van der Waals surface area (Å²) in [4.78, 5) is 12.2. The molecule has 1 amide bonds. The largest absolute Gasteiger partial charge is 0.495 e. The first-order chi connectivity index (χ1) is 13.9. The number of carbonyl (C=O) groups is 1. The fraction of sp³-hybridized carbons (Fsp3) is 0.350. The van der Waals surface area contributed by atoms with Crippen LogP contribution in [-0.2, 0) is 19.6 Å². The molecule has 0 saturated carbocycles. The van der Waals surface area contributed by atoms with Crippen molar-refractivity contribution in [2.45, 2.75) is 11.8 Å². The fourth-order valence-electron chi connectivity index (χ4n) is 2.93. The van der Waals surface area contributed by atoms with Gasteiger partial charge in [0.25, 0.3) is 5.91 Å². The summed E-state index contributed by atoms with van der Waals surface area (Å²) in [6.45, 7) is 2.96. The molecule has 8 nitrogen and oxygen atoms in total. The maximum atomic E-state index is 13.0. The molecule has 1 heterocycles. The van der Waals surface area contributed by atoms with Gasteiger partial charge in [0.15, 0.2) is 6.61 Å². The summed E-state index contributed by atoms with van der Waals surface area (Å²) in [7, 11) is -2.37. The van der Waals surface area contributed by atoms with Crippen molar-refractivity contribution in [2.24, 2.45) is 0 Å². The van der Waals surface area contributed by atoms with E-state index in [1.165, 1.54) is 23.5 Å². The van der Waals surface area contributed by atoms with Crippen molar-refractivity contribution in [1.82, 2.24) is 4.31 Å². The Bertz CT molecular complexity index is 971. The number of methoxy groups -OCH3 is 1. The highest BCUT2D eigenvalue weighted by molar-refractivity contribution is 7.89. The second kappa shape index (κ2) is 9.25. The van der Waals surface area contributed by atoms with Gasteiger partial charge < -0.3 is 19.5 Å². The van der Waals surface area contributed by atoms with Crippen molar-refractivity contribution in [3.8, 4) is 11.5 Å². The molecule has 0 spiro atoms. The van der Waals surface area contributed by atoms with Crippen molar-refractivity contribution < 1.29 is 27.4 Å². The van der Waals surface area contributed by atoms with Crippen molar-refractivity contribution in [1.29, 1.82) is 0 Å². The topological polar surface area (TPSA) is 94.2 Å². The molecule has 2 aromatic carbocycles. The van der Waals surface area contributed by atoms with Gasteiger partial charge in [-0.15, -0.1) is 0 Å². The molecule has 9 heteroatoms. The predicted molar refractivity (Wildman–Crippen MR) is 108 cm³/mol. The molecule has 0 atom stereocenters. The molecule has 1 aliphatic rings. The van der Waals surface area contributed by atoms with Gasteiger partial charge in [-0.25, -0.2) is 8.42 Å². The molecule has 3 rings (SSSR count). The van der Waals surface area contributed by atoms with E-state index in [9.17, 15) is 13.2 Å². The standard InChI is InChI=1S/C20H24N2O6S/c1-15-4-3-5-17(12-15)28-14-20(23)21-16-6-7-18(26-2)19(13-16)29(24,25)22-8-10-27-11-9-22/h3-7,12-13H,8-11,14H2,1-2H3,(H,21,23). The Morgan fingerprint density at radius 3 is 2.62 bits per heavy atom. The van der Waals surface area contributed by atoms with Crippen molar-refractivity contribution >= 4 is 21.6 Å². The van der Waals surface area contributed by atoms with E-state index in [1.54, 1.807) is 12.1 Å². The fourth-order valence-corrected chi connectivity index (χ4v) is 4.52. The lowest BCUT2D eigenvalue weighted by Gasteiger charge is -2.26. The third-order valence-corrected chi connectivity index (χ3v) is 6.31. The molecule has 29 heavy (non-hydrogen) atoms. The number of aryl methyl sites for hydroxylation is 1. The number of ether oxygens (including phenoxy) is 3. The number of hydrogen-bond donors (Lipinski definition) is 1. The van der Waals surface area contributed by atoms with Gasteiger partial charge in [0.05, 0.1) is 20.3 Å². The lowest BCUT2D eigenvalue weighted by atomic mass is 10.2. The van der Waals surface area contributed by atoms with E-state index in [-0.39, 0.29) is 30.3 Å². The smallest absolute Gasteiger partial charge is 0.262 e. The molecule has 0 unspecified atom stereocenters. The predicted octanol–water partition coefficient (Wildman–Crippen LogP) is 2.04. The van der Waals surface area contributed by atoms with Crippen LogP contribution >= 0.6 is 0 Å². The molecule has 1 N–H and O–H groups in total. The maximum Gasteiger partial charge on any atom is 0.262 e. The van der Waals surface area contributed by atoms with Crippen LogP contribution in [-0.4, -0.2) is 58.7 Å². The number of benzene rings is 2. The minimum atomic E-state index is -3.78. The number of hydrogen-bond acceptors (Lipinski definition) is 6. The lowest BCUT2D eigenvalue weighted by Crippen LogP contribution is -2.40. The van der Waals surface area contributed by atoms with Gasteiger partial charge in [-0.05, 0) is 42.8 Å².